The monoisotopic (exact) mass is 740 g/mol. The van der Waals surface area contributed by atoms with Gasteiger partial charge in [-0.1, -0.05) is 47.2 Å². The molecular weight excluding hydrogens is 712 g/mol. The lowest BCUT2D eigenvalue weighted by Crippen LogP contribution is -2.39. The number of aryl methyl sites for hydroxylation is 1. The first-order chi connectivity index (χ1) is 21.2. The number of aromatic nitrogens is 1. The van der Waals surface area contributed by atoms with Gasteiger partial charge in [-0.2, -0.15) is 0 Å². The summed E-state index contributed by atoms with van der Waals surface area (Å²) >= 11 is 8.50. The summed E-state index contributed by atoms with van der Waals surface area (Å²) in [6.45, 7) is 7.12. The van der Waals surface area contributed by atoms with Crippen LogP contribution in [0.25, 0.3) is 6.08 Å². The number of hydrogen-bond acceptors (Lipinski definition) is 8. The van der Waals surface area contributed by atoms with Gasteiger partial charge in [-0.3, -0.25) is 9.36 Å². The molecular formula is C33H30Br2N2O6S. The minimum absolute atomic E-state index is 0.235. The molecule has 1 aromatic heterocycles. The van der Waals surface area contributed by atoms with E-state index in [2.05, 4.69) is 42.9 Å². The van der Waals surface area contributed by atoms with Crippen molar-refractivity contribution in [3.05, 3.63) is 117 Å². The summed E-state index contributed by atoms with van der Waals surface area (Å²) in [5, 5.41) is 0. The molecule has 4 aromatic rings. The van der Waals surface area contributed by atoms with E-state index in [1.807, 2.05) is 57.2 Å². The number of esters is 1. The summed E-state index contributed by atoms with van der Waals surface area (Å²) in [7, 11) is 1.30. The smallest absolute Gasteiger partial charge is 0.337 e. The third-order valence-corrected chi connectivity index (χ3v) is 8.97. The summed E-state index contributed by atoms with van der Waals surface area (Å²) in [5.41, 5.74) is 3.62. The Morgan fingerprint density at radius 1 is 1.00 bits per heavy atom. The average Bonchev–Trinajstić information content (AvgIpc) is 3.31. The lowest BCUT2D eigenvalue weighted by Gasteiger charge is -2.23. The highest BCUT2D eigenvalue weighted by Crippen LogP contribution is 2.37. The Balaban J connectivity index is 1.54. The Kier molecular flexibility index (Phi) is 10.1. The number of fused-ring (bicyclic) bond motifs is 1. The van der Waals surface area contributed by atoms with Gasteiger partial charge in [0.25, 0.3) is 5.56 Å². The zero-order valence-corrected chi connectivity index (χ0v) is 28.5. The zero-order chi connectivity index (χ0) is 31.4. The molecule has 1 aliphatic heterocycles. The minimum Gasteiger partial charge on any atom is -0.490 e. The third kappa shape index (κ3) is 6.69. The van der Waals surface area contributed by atoms with Gasteiger partial charge >= 0.3 is 5.97 Å². The van der Waals surface area contributed by atoms with E-state index in [1.165, 1.54) is 34.8 Å². The molecule has 0 unspecified atom stereocenters. The molecule has 0 aliphatic carbocycles. The van der Waals surface area contributed by atoms with Gasteiger partial charge in [-0.15, -0.1) is 0 Å². The van der Waals surface area contributed by atoms with Crippen molar-refractivity contribution in [3.8, 4) is 17.2 Å². The molecule has 0 saturated carbocycles. The standard InChI is InChI=1S/C33H30Br2N2O6S/c1-5-41-26-11-10-22(16-27(26)42-6-2)29-23(32(39)40-4)17-36-33-37(29)31(38)28(44-33)15-21-13-24(34)30(25(35)14-21)43-18-20-9-7-8-19(3)12-20/h7-17,29H,5-6,18H2,1-4H3/b28-15-/t29-/m0/s1. The number of thiazole rings is 1. The minimum atomic E-state index is -0.772. The quantitative estimate of drug-likeness (QED) is 0.179. The number of halogens is 2. The number of rotatable bonds is 10. The highest BCUT2D eigenvalue weighted by molar-refractivity contribution is 9.11. The van der Waals surface area contributed by atoms with Crippen molar-refractivity contribution in [2.75, 3.05) is 20.3 Å². The van der Waals surface area contributed by atoms with Gasteiger partial charge in [-0.25, -0.2) is 9.79 Å². The third-order valence-electron chi connectivity index (χ3n) is 6.79. The second-order valence-electron chi connectivity index (χ2n) is 9.84. The molecule has 44 heavy (non-hydrogen) atoms. The molecule has 0 fully saturated rings. The average molecular weight is 742 g/mol. The van der Waals surface area contributed by atoms with Crippen LogP contribution in [0.2, 0.25) is 0 Å². The van der Waals surface area contributed by atoms with E-state index < -0.39 is 12.0 Å². The summed E-state index contributed by atoms with van der Waals surface area (Å²) in [6.07, 6.45) is 3.27. The Bertz CT molecular complexity index is 1910. The number of benzene rings is 3. The maximum atomic E-state index is 14.0. The molecule has 2 heterocycles. The van der Waals surface area contributed by atoms with Gasteiger partial charge in [-0.05, 0) is 99.7 Å². The molecule has 0 bridgehead atoms. The molecule has 228 valence electrons. The Morgan fingerprint density at radius 3 is 2.41 bits per heavy atom. The summed E-state index contributed by atoms with van der Waals surface area (Å²) in [5.74, 6) is 1.19. The maximum Gasteiger partial charge on any atom is 0.337 e. The Hall–Kier alpha value is -3.67. The lowest BCUT2D eigenvalue weighted by molar-refractivity contribution is -0.136. The van der Waals surface area contributed by atoms with E-state index in [9.17, 15) is 9.59 Å². The zero-order valence-electron chi connectivity index (χ0n) is 24.6. The van der Waals surface area contributed by atoms with Crippen molar-refractivity contribution in [3.63, 3.8) is 0 Å². The largest absolute Gasteiger partial charge is 0.490 e. The van der Waals surface area contributed by atoms with Crippen molar-refractivity contribution in [2.45, 2.75) is 33.4 Å². The summed E-state index contributed by atoms with van der Waals surface area (Å²) < 4.78 is 26.2. The van der Waals surface area contributed by atoms with Crippen molar-refractivity contribution >= 4 is 55.2 Å². The van der Waals surface area contributed by atoms with Crippen molar-refractivity contribution < 1.29 is 23.7 Å². The van der Waals surface area contributed by atoms with Gasteiger partial charge < -0.3 is 18.9 Å². The second-order valence-corrected chi connectivity index (χ2v) is 12.6. The molecule has 3 aromatic carbocycles. The van der Waals surface area contributed by atoms with Crippen LogP contribution in [-0.2, 0) is 16.1 Å². The molecule has 8 nitrogen and oxygen atoms in total. The van der Waals surface area contributed by atoms with Gasteiger partial charge in [0.15, 0.2) is 16.3 Å². The number of methoxy groups -OCH3 is 1. The first-order valence-electron chi connectivity index (χ1n) is 13.9. The van der Waals surface area contributed by atoms with E-state index >= 15 is 0 Å². The van der Waals surface area contributed by atoms with Crippen LogP contribution in [0.15, 0.2) is 85.1 Å². The van der Waals surface area contributed by atoms with Crippen molar-refractivity contribution in [1.82, 2.24) is 4.57 Å². The van der Waals surface area contributed by atoms with Crippen LogP contribution in [0.4, 0.5) is 0 Å². The Morgan fingerprint density at radius 2 is 1.73 bits per heavy atom. The van der Waals surface area contributed by atoms with Crippen LogP contribution < -0.4 is 29.1 Å². The maximum absolute atomic E-state index is 14.0. The molecule has 0 spiro atoms. The van der Waals surface area contributed by atoms with Gasteiger partial charge in [0.1, 0.15) is 12.4 Å². The van der Waals surface area contributed by atoms with Gasteiger partial charge in [0.05, 0.1) is 45.4 Å². The highest BCUT2D eigenvalue weighted by atomic mass is 79.9. The number of carbonyl (C=O) groups is 1. The van der Waals surface area contributed by atoms with Crippen molar-refractivity contribution in [2.24, 2.45) is 4.99 Å². The fraction of sp³-hybridized carbons (Fsp3) is 0.242. The summed E-state index contributed by atoms with van der Waals surface area (Å²) in [6, 6.07) is 16.6. The number of nitrogens with zero attached hydrogens (tertiary/aromatic N) is 2. The molecule has 5 rings (SSSR count). The van der Waals surface area contributed by atoms with E-state index in [0.717, 1.165) is 20.1 Å². The number of carbonyl (C=O) groups excluding carboxylic acids is 1. The first-order valence-corrected chi connectivity index (χ1v) is 16.3. The van der Waals surface area contributed by atoms with Crippen LogP contribution in [-0.4, -0.2) is 30.9 Å². The van der Waals surface area contributed by atoms with E-state index in [4.69, 9.17) is 18.9 Å². The topological polar surface area (TPSA) is 88.4 Å². The van der Waals surface area contributed by atoms with Crippen LogP contribution in [0.5, 0.6) is 17.2 Å². The first kappa shape index (κ1) is 31.7. The second kappa shape index (κ2) is 14.0. The highest BCUT2D eigenvalue weighted by Gasteiger charge is 2.31. The molecule has 0 radical (unpaired) electrons. The van der Waals surface area contributed by atoms with E-state index in [-0.39, 0.29) is 11.1 Å². The van der Waals surface area contributed by atoms with Gasteiger partial charge in [0, 0.05) is 6.20 Å². The van der Waals surface area contributed by atoms with Crippen LogP contribution >= 0.6 is 43.2 Å². The molecule has 1 atom stereocenters. The van der Waals surface area contributed by atoms with Crippen LogP contribution in [0, 0.1) is 6.92 Å². The van der Waals surface area contributed by atoms with E-state index in [1.54, 1.807) is 18.2 Å². The van der Waals surface area contributed by atoms with Crippen LogP contribution in [0.1, 0.15) is 42.1 Å². The molecule has 1 aliphatic rings. The van der Waals surface area contributed by atoms with Crippen LogP contribution in [0.3, 0.4) is 0 Å². The fourth-order valence-corrected chi connectivity index (χ4v) is 7.32. The number of ether oxygens (including phenoxy) is 4. The van der Waals surface area contributed by atoms with Gasteiger partial charge in [0.2, 0.25) is 0 Å². The fourth-order valence-electron chi connectivity index (χ4n) is 4.90. The molecule has 0 saturated heterocycles. The normalized spacial score (nSPS) is 14.4. The predicted molar refractivity (Wildman–Crippen MR) is 177 cm³/mol. The van der Waals surface area contributed by atoms with E-state index in [0.29, 0.717) is 52.0 Å². The number of hydrogen-bond donors (Lipinski definition) is 0. The predicted octanol–water partition coefficient (Wildman–Crippen LogP) is 6.23. The lowest BCUT2D eigenvalue weighted by atomic mass is 9.97. The summed E-state index contributed by atoms with van der Waals surface area (Å²) in [4.78, 5) is 31.7. The molecule has 0 N–H and O–H groups in total. The van der Waals surface area contributed by atoms with Crippen molar-refractivity contribution in [1.29, 1.82) is 0 Å². The molecule has 0 amide bonds. The Labute approximate surface area is 275 Å². The molecule has 11 heteroatoms. The SMILES string of the molecule is CCOc1ccc([C@H]2C(C(=O)OC)=CN=c3s/c(=C\c4cc(Br)c(OCc5cccc(C)c5)c(Br)c4)c(=O)n32)cc1OCC.